The van der Waals surface area contributed by atoms with Gasteiger partial charge in [0.2, 0.25) is 0 Å². The van der Waals surface area contributed by atoms with E-state index >= 15 is 0 Å². The minimum absolute atomic E-state index is 0.269. The molecule has 168 valence electrons. The Hall–Kier alpha value is -4.52. The maximum Gasteiger partial charge on any atom is 0.267 e. The van der Waals surface area contributed by atoms with Gasteiger partial charge in [0, 0.05) is 34.9 Å². The number of rotatable bonds is 6. The van der Waals surface area contributed by atoms with Crippen LogP contribution in [0.15, 0.2) is 95.9 Å². The van der Waals surface area contributed by atoms with E-state index in [9.17, 15) is 9.18 Å². The number of benzene rings is 3. The lowest BCUT2D eigenvalue weighted by Gasteiger charge is -2.06. The molecule has 5 rings (SSSR count). The van der Waals surface area contributed by atoms with E-state index in [4.69, 9.17) is 9.84 Å². The molecule has 0 aliphatic carbocycles. The van der Waals surface area contributed by atoms with Crippen molar-refractivity contribution in [2.75, 3.05) is 7.11 Å². The molecule has 0 saturated carbocycles. The first kappa shape index (κ1) is 21.3. The highest BCUT2D eigenvalue weighted by Crippen LogP contribution is 2.27. The third-order valence-electron chi connectivity index (χ3n) is 5.58. The van der Waals surface area contributed by atoms with Crippen LogP contribution < -0.4 is 10.3 Å². The molecule has 2 heterocycles. The van der Waals surface area contributed by atoms with Gasteiger partial charge in [-0.1, -0.05) is 18.2 Å². The van der Waals surface area contributed by atoms with Crippen molar-refractivity contribution < 1.29 is 9.13 Å². The zero-order valence-electron chi connectivity index (χ0n) is 18.4. The summed E-state index contributed by atoms with van der Waals surface area (Å²) in [6, 6.07) is 25.2. The van der Waals surface area contributed by atoms with Crippen molar-refractivity contribution in [1.29, 1.82) is 0 Å². The van der Waals surface area contributed by atoms with Gasteiger partial charge in [0.05, 0.1) is 24.2 Å². The fourth-order valence-corrected chi connectivity index (χ4v) is 3.79. The van der Waals surface area contributed by atoms with E-state index in [0.29, 0.717) is 23.4 Å². The number of nitrogens with zero attached hydrogens (tertiary/aromatic N) is 3. The average molecular weight is 452 g/mol. The summed E-state index contributed by atoms with van der Waals surface area (Å²) in [6.07, 6.45) is 2.24. The molecule has 0 amide bonds. The van der Waals surface area contributed by atoms with E-state index in [1.54, 1.807) is 30.0 Å². The largest absolute Gasteiger partial charge is 0.497 e. The summed E-state index contributed by atoms with van der Waals surface area (Å²) in [5.41, 5.74) is 4.98. The highest BCUT2D eigenvalue weighted by atomic mass is 19.1. The van der Waals surface area contributed by atoms with Gasteiger partial charge >= 0.3 is 0 Å². The van der Waals surface area contributed by atoms with Crippen molar-refractivity contribution in [2.45, 2.75) is 6.42 Å². The first-order valence-electron chi connectivity index (χ1n) is 10.7. The third-order valence-corrected chi connectivity index (χ3v) is 5.58. The fraction of sp³-hybridized carbons (Fsp3) is 0.0741. The molecular weight excluding hydrogens is 431 g/mol. The number of aromatic amines is 1. The van der Waals surface area contributed by atoms with Gasteiger partial charge in [-0.05, 0) is 66.7 Å². The summed E-state index contributed by atoms with van der Waals surface area (Å²) in [4.78, 5) is 12.7. The minimum atomic E-state index is -0.317. The van der Waals surface area contributed by atoms with Crippen molar-refractivity contribution in [1.82, 2.24) is 20.0 Å². The second kappa shape index (κ2) is 9.15. The first-order valence-corrected chi connectivity index (χ1v) is 10.7. The van der Waals surface area contributed by atoms with E-state index in [1.807, 2.05) is 60.8 Å². The summed E-state index contributed by atoms with van der Waals surface area (Å²) in [5, 5.41) is 11.6. The van der Waals surface area contributed by atoms with Crippen molar-refractivity contribution in [3.63, 3.8) is 0 Å². The van der Waals surface area contributed by atoms with Crippen LogP contribution >= 0.6 is 0 Å². The first-order chi connectivity index (χ1) is 16.6. The Balaban J connectivity index is 1.56. The van der Waals surface area contributed by atoms with Crippen molar-refractivity contribution in [2.24, 2.45) is 0 Å². The van der Waals surface area contributed by atoms with Gasteiger partial charge in [0.15, 0.2) is 0 Å². The van der Waals surface area contributed by atoms with Gasteiger partial charge in [-0.15, -0.1) is 0 Å². The number of H-pyrrole nitrogens is 1. The van der Waals surface area contributed by atoms with Crippen LogP contribution in [0.2, 0.25) is 0 Å². The standard InChI is InChI=1S/C27H21FN4O2/c1-34-24-13-9-18(10-14-24)25-16-20(27(33)30-29-25)15-21-17-32(23-5-3-2-4-6-23)31-26(21)19-7-11-22(28)12-8-19/h2-14,16-17H,15H2,1H3,(H,30,33). The highest BCUT2D eigenvalue weighted by Gasteiger charge is 2.16. The molecule has 0 unspecified atom stereocenters. The van der Waals surface area contributed by atoms with Crippen molar-refractivity contribution >= 4 is 0 Å². The maximum absolute atomic E-state index is 13.5. The van der Waals surface area contributed by atoms with Crippen molar-refractivity contribution in [3.8, 4) is 34.0 Å². The number of hydrogen-bond acceptors (Lipinski definition) is 4. The zero-order valence-corrected chi connectivity index (χ0v) is 18.4. The Bertz CT molecular complexity index is 1470. The van der Waals surface area contributed by atoms with E-state index in [1.165, 1.54) is 12.1 Å². The Morgan fingerprint density at radius 3 is 2.32 bits per heavy atom. The van der Waals surface area contributed by atoms with Gasteiger partial charge in [-0.3, -0.25) is 4.79 Å². The number of methoxy groups -OCH3 is 1. The highest BCUT2D eigenvalue weighted by molar-refractivity contribution is 5.65. The molecule has 3 aromatic carbocycles. The molecule has 0 atom stereocenters. The maximum atomic E-state index is 13.5. The summed E-state index contributed by atoms with van der Waals surface area (Å²) in [6.45, 7) is 0. The number of halogens is 1. The molecule has 5 aromatic rings. The predicted octanol–water partition coefficient (Wildman–Crippen LogP) is 5.03. The topological polar surface area (TPSA) is 72.8 Å². The molecule has 0 aliphatic heterocycles. The molecule has 6 nitrogen and oxygen atoms in total. The van der Waals surface area contributed by atoms with Crippen LogP contribution in [-0.2, 0) is 6.42 Å². The zero-order chi connectivity index (χ0) is 23.5. The van der Waals surface area contributed by atoms with E-state index in [-0.39, 0.29) is 11.4 Å². The van der Waals surface area contributed by atoms with Gasteiger partial charge < -0.3 is 4.74 Å². The molecule has 7 heteroatoms. The smallest absolute Gasteiger partial charge is 0.267 e. The minimum Gasteiger partial charge on any atom is -0.497 e. The quantitative estimate of drug-likeness (QED) is 0.392. The molecule has 34 heavy (non-hydrogen) atoms. The molecule has 1 N–H and O–H groups in total. The number of ether oxygens (including phenoxy) is 1. The van der Waals surface area contributed by atoms with Crippen LogP contribution in [0, 0.1) is 5.82 Å². The number of nitrogens with one attached hydrogen (secondary N) is 1. The second-order valence-corrected chi connectivity index (χ2v) is 7.80. The van der Waals surface area contributed by atoms with E-state index in [0.717, 1.165) is 28.1 Å². The molecule has 0 aliphatic rings. The number of para-hydroxylation sites is 1. The number of hydrogen-bond donors (Lipinski definition) is 1. The molecular formula is C27H21FN4O2. The van der Waals surface area contributed by atoms with Crippen LogP contribution in [0.4, 0.5) is 4.39 Å². The monoisotopic (exact) mass is 452 g/mol. The predicted molar refractivity (Wildman–Crippen MR) is 129 cm³/mol. The second-order valence-electron chi connectivity index (χ2n) is 7.80. The van der Waals surface area contributed by atoms with Crippen LogP contribution in [0.5, 0.6) is 5.75 Å². The van der Waals surface area contributed by atoms with Gasteiger partial charge in [-0.2, -0.15) is 10.2 Å². The fourth-order valence-electron chi connectivity index (χ4n) is 3.79. The normalized spacial score (nSPS) is 10.9. The lowest BCUT2D eigenvalue weighted by atomic mass is 10.0. The van der Waals surface area contributed by atoms with Crippen molar-refractivity contribution in [3.05, 3.63) is 118 Å². The molecule has 0 spiro atoms. The van der Waals surface area contributed by atoms with Crippen LogP contribution in [-0.4, -0.2) is 27.1 Å². The summed E-state index contributed by atoms with van der Waals surface area (Å²) in [5.74, 6) is 0.424. The van der Waals surface area contributed by atoms with E-state index < -0.39 is 0 Å². The van der Waals surface area contributed by atoms with Gasteiger partial charge in [-0.25, -0.2) is 14.2 Å². The van der Waals surface area contributed by atoms with Crippen LogP contribution in [0.1, 0.15) is 11.1 Å². The van der Waals surface area contributed by atoms with E-state index in [2.05, 4.69) is 10.2 Å². The Kier molecular flexibility index (Phi) is 5.74. The Labute approximate surface area is 195 Å². The molecule has 0 saturated heterocycles. The van der Waals surface area contributed by atoms with Gasteiger partial charge in [0.1, 0.15) is 11.6 Å². The lowest BCUT2D eigenvalue weighted by Crippen LogP contribution is -2.15. The third kappa shape index (κ3) is 4.36. The average Bonchev–Trinajstić information content (AvgIpc) is 3.30. The Morgan fingerprint density at radius 2 is 1.62 bits per heavy atom. The summed E-state index contributed by atoms with van der Waals surface area (Å²) >= 11 is 0. The number of aromatic nitrogens is 4. The summed E-state index contributed by atoms with van der Waals surface area (Å²) in [7, 11) is 1.61. The SMILES string of the molecule is COc1ccc(-c2cc(Cc3cn(-c4ccccc4)nc3-c3ccc(F)cc3)c(=O)[nH]n2)cc1. The van der Waals surface area contributed by atoms with Gasteiger partial charge in [0.25, 0.3) is 5.56 Å². The molecule has 0 bridgehead atoms. The van der Waals surface area contributed by atoms with Crippen LogP contribution in [0.3, 0.4) is 0 Å². The molecule has 0 radical (unpaired) electrons. The lowest BCUT2D eigenvalue weighted by molar-refractivity contribution is 0.415. The van der Waals surface area contributed by atoms with Crippen LogP contribution in [0.25, 0.3) is 28.2 Å². The Morgan fingerprint density at radius 1 is 0.912 bits per heavy atom. The molecule has 0 fully saturated rings. The molecule has 2 aromatic heterocycles. The summed E-state index contributed by atoms with van der Waals surface area (Å²) < 4.78 is 20.5.